The Hall–Kier alpha value is -2.30. The molecule has 0 spiro atoms. The van der Waals surface area contributed by atoms with Crippen LogP contribution in [0.25, 0.3) is 0 Å². The average Bonchev–Trinajstić information content (AvgIpc) is 2.45. The van der Waals surface area contributed by atoms with E-state index in [0.717, 1.165) is 11.6 Å². The first kappa shape index (κ1) is 14.1. The Morgan fingerprint density at radius 1 is 0.950 bits per heavy atom. The number of rotatable bonds is 2. The van der Waals surface area contributed by atoms with Crippen molar-refractivity contribution in [2.24, 2.45) is 4.99 Å². The van der Waals surface area contributed by atoms with Crippen LogP contribution < -0.4 is 5.32 Å². The SMILES string of the molecule is CN=C(Nc1ccccc1C(F)(F)F)c1ccccc1. The summed E-state index contributed by atoms with van der Waals surface area (Å²) in [5.74, 6) is 0.391. The van der Waals surface area contributed by atoms with Gasteiger partial charge in [0.2, 0.25) is 0 Å². The highest BCUT2D eigenvalue weighted by Gasteiger charge is 2.33. The zero-order valence-corrected chi connectivity index (χ0v) is 10.8. The second-order valence-electron chi connectivity index (χ2n) is 4.11. The Morgan fingerprint density at radius 3 is 2.15 bits per heavy atom. The summed E-state index contributed by atoms with van der Waals surface area (Å²) in [4.78, 5) is 4.01. The van der Waals surface area contributed by atoms with Crippen LogP contribution in [0.3, 0.4) is 0 Å². The fourth-order valence-electron chi connectivity index (χ4n) is 1.82. The maximum Gasteiger partial charge on any atom is 0.418 e. The van der Waals surface area contributed by atoms with Crippen molar-refractivity contribution in [2.45, 2.75) is 6.18 Å². The van der Waals surface area contributed by atoms with Crippen LogP contribution in [-0.2, 0) is 6.18 Å². The Bertz CT molecular complexity index is 604. The van der Waals surface area contributed by atoms with E-state index >= 15 is 0 Å². The van der Waals surface area contributed by atoms with Gasteiger partial charge in [0.25, 0.3) is 0 Å². The van der Waals surface area contributed by atoms with Crippen molar-refractivity contribution in [3.63, 3.8) is 0 Å². The molecule has 0 radical (unpaired) electrons. The molecular formula is C15H13F3N2. The summed E-state index contributed by atoms with van der Waals surface area (Å²) in [5, 5.41) is 2.75. The topological polar surface area (TPSA) is 24.4 Å². The number of hydrogen-bond acceptors (Lipinski definition) is 1. The highest BCUT2D eigenvalue weighted by atomic mass is 19.4. The molecule has 0 unspecified atom stereocenters. The molecule has 0 atom stereocenters. The first-order valence-corrected chi connectivity index (χ1v) is 5.98. The Labute approximate surface area is 115 Å². The number of alkyl halides is 3. The second-order valence-corrected chi connectivity index (χ2v) is 4.11. The molecular weight excluding hydrogens is 265 g/mol. The predicted molar refractivity (Wildman–Crippen MR) is 74.0 cm³/mol. The lowest BCUT2D eigenvalue weighted by molar-refractivity contribution is -0.136. The highest BCUT2D eigenvalue weighted by molar-refractivity contribution is 6.08. The molecule has 0 aliphatic heterocycles. The number of aliphatic imine (C=N–C) groups is 1. The molecule has 0 saturated heterocycles. The first-order chi connectivity index (χ1) is 9.52. The van der Waals surface area contributed by atoms with Gasteiger partial charge in [-0.2, -0.15) is 13.2 Å². The van der Waals surface area contributed by atoms with E-state index in [2.05, 4.69) is 10.3 Å². The lowest BCUT2D eigenvalue weighted by atomic mass is 10.1. The Morgan fingerprint density at radius 2 is 1.55 bits per heavy atom. The van der Waals surface area contributed by atoms with Crippen LogP contribution in [0.2, 0.25) is 0 Å². The van der Waals surface area contributed by atoms with Gasteiger partial charge >= 0.3 is 6.18 Å². The molecule has 2 aromatic rings. The van der Waals surface area contributed by atoms with Gasteiger partial charge in [-0.3, -0.25) is 4.99 Å². The molecule has 0 aliphatic carbocycles. The van der Waals surface area contributed by atoms with E-state index in [1.165, 1.54) is 19.2 Å². The smallest absolute Gasteiger partial charge is 0.340 e. The molecule has 1 N–H and O–H groups in total. The van der Waals surface area contributed by atoms with Crippen LogP contribution in [0.5, 0.6) is 0 Å². The molecule has 2 nitrogen and oxygen atoms in total. The van der Waals surface area contributed by atoms with Crippen molar-refractivity contribution in [3.8, 4) is 0 Å². The summed E-state index contributed by atoms with van der Waals surface area (Å²) in [5.41, 5.74) is 0.00788. The molecule has 0 amide bonds. The number of anilines is 1. The maximum absolute atomic E-state index is 12.9. The first-order valence-electron chi connectivity index (χ1n) is 5.98. The molecule has 104 valence electrons. The molecule has 0 aromatic heterocycles. The van der Waals surface area contributed by atoms with Gasteiger partial charge in [0.1, 0.15) is 5.84 Å². The molecule has 5 heteroatoms. The van der Waals surface area contributed by atoms with Gasteiger partial charge in [-0.1, -0.05) is 42.5 Å². The third kappa shape index (κ3) is 3.17. The summed E-state index contributed by atoms with van der Waals surface area (Å²) in [6.07, 6.45) is -4.40. The summed E-state index contributed by atoms with van der Waals surface area (Å²) >= 11 is 0. The molecule has 0 heterocycles. The molecule has 20 heavy (non-hydrogen) atoms. The van der Waals surface area contributed by atoms with Crippen molar-refractivity contribution in [1.29, 1.82) is 0 Å². The molecule has 0 saturated carbocycles. The van der Waals surface area contributed by atoms with Gasteiger partial charge in [-0.25, -0.2) is 0 Å². The molecule has 2 rings (SSSR count). The van der Waals surface area contributed by atoms with Crippen LogP contribution in [0.1, 0.15) is 11.1 Å². The third-order valence-corrected chi connectivity index (χ3v) is 2.76. The van der Waals surface area contributed by atoms with Crippen molar-refractivity contribution in [2.75, 3.05) is 12.4 Å². The highest BCUT2D eigenvalue weighted by Crippen LogP contribution is 2.34. The number of benzene rings is 2. The van der Waals surface area contributed by atoms with Crippen molar-refractivity contribution < 1.29 is 13.2 Å². The third-order valence-electron chi connectivity index (χ3n) is 2.76. The summed E-state index contributed by atoms with van der Waals surface area (Å²) in [7, 11) is 1.53. The standard InChI is InChI=1S/C15H13F3N2/c1-19-14(11-7-3-2-4-8-11)20-13-10-6-5-9-12(13)15(16,17)18/h2-10H,1H3,(H,19,20). The van der Waals surface area contributed by atoms with E-state index < -0.39 is 11.7 Å². The van der Waals surface area contributed by atoms with Gasteiger partial charge in [0.15, 0.2) is 0 Å². The number of hydrogen-bond donors (Lipinski definition) is 1. The van der Waals surface area contributed by atoms with Crippen molar-refractivity contribution in [1.82, 2.24) is 0 Å². The molecule has 2 aromatic carbocycles. The van der Waals surface area contributed by atoms with E-state index in [4.69, 9.17) is 0 Å². The zero-order chi connectivity index (χ0) is 14.6. The summed E-state index contributed by atoms with van der Waals surface area (Å²) < 4.78 is 38.8. The quantitative estimate of drug-likeness (QED) is 0.646. The summed E-state index contributed by atoms with van der Waals surface area (Å²) in [6.45, 7) is 0. The number of para-hydroxylation sites is 1. The lowest BCUT2D eigenvalue weighted by Gasteiger charge is -2.15. The van der Waals surface area contributed by atoms with Crippen molar-refractivity contribution in [3.05, 3.63) is 65.7 Å². The van der Waals surface area contributed by atoms with E-state index in [-0.39, 0.29) is 5.69 Å². The van der Waals surface area contributed by atoms with Gasteiger partial charge < -0.3 is 5.32 Å². The minimum Gasteiger partial charge on any atom is -0.340 e. The second kappa shape index (κ2) is 5.77. The van der Waals surface area contributed by atoms with E-state index in [0.29, 0.717) is 5.84 Å². The van der Waals surface area contributed by atoms with Gasteiger partial charge in [0, 0.05) is 12.6 Å². The Kier molecular flexibility index (Phi) is 4.08. The van der Waals surface area contributed by atoms with Crippen LogP contribution in [0.4, 0.5) is 18.9 Å². The Balaban J connectivity index is 2.35. The molecule has 0 aliphatic rings. The number of halogens is 3. The zero-order valence-electron chi connectivity index (χ0n) is 10.8. The number of nitrogens with zero attached hydrogens (tertiary/aromatic N) is 1. The monoisotopic (exact) mass is 278 g/mol. The largest absolute Gasteiger partial charge is 0.418 e. The van der Waals surface area contributed by atoms with E-state index in [1.54, 1.807) is 30.3 Å². The fraction of sp³-hybridized carbons (Fsp3) is 0.133. The normalized spacial score (nSPS) is 12.3. The minimum atomic E-state index is -4.40. The molecule has 0 bridgehead atoms. The van der Waals surface area contributed by atoms with Gasteiger partial charge in [-0.15, -0.1) is 0 Å². The van der Waals surface area contributed by atoms with Crippen LogP contribution in [-0.4, -0.2) is 12.9 Å². The van der Waals surface area contributed by atoms with Crippen LogP contribution in [0.15, 0.2) is 59.6 Å². The maximum atomic E-state index is 12.9. The van der Waals surface area contributed by atoms with E-state index in [9.17, 15) is 13.2 Å². The van der Waals surface area contributed by atoms with Crippen LogP contribution >= 0.6 is 0 Å². The lowest BCUT2D eigenvalue weighted by Crippen LogP contribution is -2.17. The number of amidine groups is 1. The van der Waals surface area contributed by atoms with Gasteiger partial charge in [-0.05, 0) is 12.1 Å². The van der Waals surface area contributed by atoms with Gasteiger partial charge in [0.05, 0.1) is 11.3 Å². The van der Waals surface area contributed by atoms with Crippen LogP contribution in [0, 0.1) is 0 Å². The molecule has 0 fully saturated rings. The fourth-order valence-corrected chi connectivity index (χ4v) is 1.82. The predicted octanol–water partition coefficient (Wildman–Crippen LogP) is 4.19. The number of nitrogens with one attached hydrogen (secondary N) is 1. The average molecular weight is 278 g/mol. The summed E-state index contributed by atoms with van der Waals surface area (Å²) in [6, 6.07) is 14.3. The van der Waals surface area contributed by atoms with Crippen molar-refractivity contribution >= 4 is 11.5 Å². The van der Waals surface area contributed by atoms with E-state index in [1.807, 2.05) is 6.07 Å². The minimum absolute atomic E-state index is 0.00977.